The fraction of sp³-hybridized carbons (Fsp3) is 0.409. The first-order chi connectivity index (χ1) is 15.0. The predicted molar refractivity (Wildman–Crippen MR) is 109 cm³/mol. The van der Waals surface area contributed by atoms with Crippen molar-refractivity contribution in [2.75, 3.05) is 5.32 Å². The second-order valence-electron chi connectivity index (χ2n) is 8.00. The molecule has 0 unspecified atom stereocenters. The van der Waals surface area contributed by atoms with Crippen LogP contribution in [0, 0.1) is 5.82 Å². The first-order valence-electron chi connectivity index (χ1n) is 10.1. The third-order valence-electron chi connectivity index (χ3n) is 5.61. The molecule has 1 heterocycles. The second kappa shape index (κ2) is 8.76. The number of nitrogens with zero attached hydrogens (tertiary/aromatic N) is 1. The number of aromatic hydroxyl groups is 1. The third kappa shape index (κ3) is 5.00. The fourth-order valence-electron chi connectivity index (χ4n) is 3.27. The number of nitrogens with one attached hydrogen (secondary N) is 2. The first-order valence-corrected chi connectivity index (χ1v) is 10.1. The second-order valence-corrected chi connectivity index (χ2v) is 8.00. The van der Waals surface area contributed by atoms with Gasteiger partial charge in [-0.3, -0.25) is 14.6 Å². The van der Waals surface area contributed by atoms with Crippen LogP contribution in [-0.4, -0.2) is 33.6 Å². The van der Waals surface area contributed by atoms with E-state index in [1.165, 1.54) is 24.4 Å². The summed E-state index contributed by atoms with van der Waals surface area (Å²) in [5, 5.41) is 14.6. The summed E-state index contributed by atoms with van der Waals surface area (Å²) in [6, 6.07) is 4.90. The summed E-state index contributed by atoms with van der Waals surface area (Å²) < 4.78 is 53.5. The number of amides is 2. The molecule has 1 aliphatic rings. The molecule has 1 aliphatic carbocycles. The number of carbonyl (C=O) groups excluding carboxylic acids is 2. The maximum atomic E-state index is 14.4. The molecule has 1 fully saturated rings. The number of anilines is 1. The average Bonchev–Trinajstić information content (AvgIpc) is 3.51. The number of halogens is 4. The summed E-state index contributed by atoms with van der Waals surface area (Å²) in [5.41, 5.74) is -1.97. The largest absolute Gasteiger partial charge is 0.508 e. The van der Waals surface area contributed by atoms with Gasteiger partial charge in [0.05, 0.1) is 6.42 Å². The minimum atomic E-state index is -4.56. The van der Waals surface area contributed by atoms with Gasteiger partial charge in [-0.05, 0) is 55.0 Å². The van der Waals surface area contributed by atoms with Crippen LogP contribution in [0.5, 0.6) is 5.75 Å². The molecule has 0 aliphatic heterocycles. The smallest absolute Gasteiger partial charge is 0.411 e. The maximum Gasteiger partial charge on any atom is 0.411 e. The van der Waals surface area contributed by atoms with Crippen molar-refractivity contribution in [2.24, 2.45) is 0 Å². The molecular formula is C22H23F4N3O3. The zero-order chi connectivity index (χ0) is 23.7. The Hall–Kier alpha value is -3.17. The molecule has 172 valence electrons. The summed E-state index contributed by atoms with van der Waals surface area (Å²) in [6.07, 6.45) is -3.48. The van der Waals surface area contributed by atoms with Crippen molar-refractivity contribution >= 4 is 17.5 Å². The summed E-state index contributed by atoms with van der Waals surface area (Å²) in [7, 11) is 0. The number of hydrogen-bond acceptors (Lipinski definition) is 4. The Bertz CT molecular complexity index is 1040. The van der Waals surface area contributed by atoms with Crippen LogP contribution >= 0.6 is 0 Å². The van der Waals surface area contributed by atoms with Crippen LogP contribution in [0.15, 0.2) is 30.5 Å². The third-order valence-corrected chi connectivity index (χ3v) is 5.61. The Morgan fingerprint density at radius 2 is 1.94 bits per heavy atom. The lowest BCUT2D eigenvalue weighted by molar-refractivity contribution is -0.163. The molecule has 1 atom stereocenters. The van der Waals surface area contributed by atoms with Gasteiger partial charge in [0, 0.05) is 17.4 Å². The molecular weight excluding hydrogens is 430 g/mol. The monoisotopic (exact) mass is 453 g/mol. The minimum absolute atomic E-state index is 0.0140. The van der Waals surface area contributed by atoms with Crippen LogP contribution in [0.1, 0.15) is 60.6 Å². The Balaban J connectivity index is 1.68. The van der Waals surface area contributed by atoms with E-state index in [0.717, 1.165) is 6.07 Å². The van der Waals surface area contributed by atoms with Gasteiger partial charge in [-0.2, -0.15) is 13.2 Å². The number of benzene rings is 1. The summed E-state index contributed by atoms with van der Waals surface area (Å²) in [4.78, 5) is 28.3. The van der Waals surface area contributed by atoms with Crippen molar-refractivity contribution in [3.8, 4) is 5.75 Å². The van der Waals surface area contributed by atoms with E-state index < -0.39 is 29.3 Å². The Morgan fingerprint density at radius 1 is 1.25 bits per heavy atom. The standard InChI is InChI=1S/C22H23F4N3O3/c1-3-12(2)15-11-16(23)13(8-18(15)30)9-19(31)28-14-4-7-27-17(10-14)20(32)29-21(5-6-21)22(24,25)26/h4,7-8,10-12,30H,3,5-6,9H2,1-2H3,(H,29,32)(H,27,28,31)/t12-/m1/s1. The molecule has 3 N–H and O–H groups in total. The van der Waals surface area contributed by atoms with E-state index >= 15 is 0 Å². The van der Waals surface area contributed by atoms with Gasteiger partial charge in [-0.25, -0.2) is 4.39 Å². The molecule has 1 aromatic carbocycles. The highest BCUT2D eigenvalue weighted by Crippen LogP contribution is 2.49. The average molecular weight is 453 g/mol. The van der Waals surface area contributed by atoms with Gasteiger partial charge in [0.15, 0.2) is 0 Å². The van der Waals surface area contributed by atoms with Crippen molar-refractivity contribution < 1.29 is 32.3 Å². The Morgan fingerprint density at radius 3 is 2.53 bits per heavy atom. The molecule has 2 aromatic rings. The zero-order valence-corrected chi connectivity index (χ0v) is 17.5. The number of aromatic nitrogens is 1. The van der Waals surface area contributed by atoms with Crippen LogP contribution < -0.4 is 10.6 Å². The maximum absolute atomic E-state index is 14.4. The molecule has 0 bridgehead atoms. The number of alkyl halides is 3. The van der Waals surface area contributed by atoms with Crippen LogP contribution in [0.25, 0.3) is 0 Å². The zero-order valence-electron chi connectivity index (χ0n) is 17.5. The van der Waals surface area contributed by atoms with Gasteiger partial charge in [0.2, 0.25) is 5.91 Å². The molecule has 3 rings (SSSR count). The van der Waals surface area contributed by atoms with Gasteiger partial charge in [0.1, 0.15) is 22.8 Å². The molecule has 2 amide bonds. The van der Waals surface area contributed by atoms with E-state index in [0.29, 0.717) is 12.0 Å². The highest BCUT2D eigenvalue weighted by molar-refractivity contribution is 5.96. The van der Waals surface area contributed by atoms with E-state index in [1.54, 1.807) is 0 Å². The lowest BCUT2D eigenvalue weighted by Gasteiger charge is -2.20. The lowest BCUT2D eigenvalue weighted by atomic mass is 9.95. The van der Waals surface area contributed by atoms with Crippen LogP contribution in [0.2, 0.25) is 0 Å². The van der Waals surface area contributed by atoms with Crippen molar-refractivity contribution in [1.29, 1.82) is 0 Å². The van der Waals surface area contributed by atoms with Gasteiger partial charge in [0.25, 0.3) is 5.91 Å². The molecule has 0 spiro atoms. The minimum Gasteiger partial charge on any atom is -0.508 e. The Labute approximate surface area is 182 Å². The van der Waals surface area contributed by atoms with Crippen molar-refractivity contribution in [2.45, 2.75) is 57.2 Å². The van der Waals surface area contributed by atoms with Crippen LogP contribution in [0.4, 0.5) is 23.2 Å². The highest BCUT2D eigenvalue weighted by atomic mass is 19.4. The van der Waals surface area contributed by atoms with Crippen molar-refractivity contribution in [1.82, 2.24) is 10.3 Å². The van der Waals surface area contributed by atoms with E-state index in [-0.39, 0.29) is 47.9 Å². The summed E-state index contributed by atoms with van der Waals surface area (Å²) in [5.74, 6) is -2.44. The number of hydrogen-bond donors (Lipinski definition) is 3. The summed E-state index contributed by atoms with van der Waals surface area (Å²) >= 11 is 0. The van der Waals surface area contributed by atoms with Crippen molar-refractivity contribution in [3.05, 3.63) is 53.1 Å². The normalized spacial score (nSPS) is 15.7. The van der Waals surface area contributed by atoms with Crippen LogP contribution in [0.3, 0.4) is 0 Å². The first kappa shape index (κ1) is 23.5. The number of carbonyl (C=O) groups is 2. The number of phenols is 1. The number of pyridine rings is 1. The van der Waals surface area contributed by atoms with E-state index in [4.69, 9.17) is 0 Å². The predicted octanol–water partition coefficient (Wildman–Crippen LogP) is 4.45. The fourth-order valence-corrected chi connectivity index (χ4v) is 3.27. The molecule has 0 radical (unpaired) electrons. The summed E-state index contributed by atoms with van der Waals surface area (Å²) in [6.45, 7) is 3.75. The van der Waals surface area contributed by atoms with Gasteiger partial charge >= 0.3 is 6.18 Å². The highest BCUT2D eigenvalue weighted by Gasteiger charge is 2.64. The molecule has 1 aromatic heterocycles. The molecule has 10 heteroatoms. The van der Waals surface area contributed by atoms with Gasteiger partial charge in [-0.15, -0.1) is 0 Å². The topological polar surface area (TPSA) is 91.3 Å². The van der Waals surface area contributed by atoms with Crippen molar-refractivity contribution in [3.63, 3.8) is 0 Å². The van der Waals surface area contributed by atoms with Crippen LogP contribution in [-0.2, 0) is 11.2 Å². The number of phenolic OH excluding ortho intramolecular Hbond substituents is 1. The molecule has 32 heavy (non-hydrogen) atoms. The molecule has 0 saturated heterocycles. The lowest BCUT2D eigenvalue weighted by Crippen LogP contribution is -2.48. The van der Waals surface area contributed by atoms with E-state index in [9.17, 15) is 32.3 Å². The number of rotatable bonds is 7. The molecule has 6 nitrogen and oxygen atoms in total. The van der Waals surface area contributed by atoms with E-state index in [2.05, 4.69) is 10.3 Å². The van der Waals surface area contributed by atoms with Gasteiger partial charge in [-0.1, -0.05) is 13.8 Å². The molecule has 1 saturated carbocycles. The Kier molecular flexibility index (Phi) is 6.43. The van der Waals surface area contributed by atoms with E-state index in [1.807, 2.05) is 19.2 Å². The quantitative estimate of drug-likeness (QED) is 0.541. The van der Waals surface area contributed by atoms with Gasteiger partial charge < -0.3 is 15.7 Å². The SMILES string of the molecule is CC[C@@H](C)c1cc(F)c(CC(=O)Nc2ccnc(C(=O)NC3(C(F)(F)F)CC3)c2)cc1O.